The van der Waals surface area contributed by atoms with E-state index >= 15 is 0 Å². The van der Waals surface area contributed by atoms with Crippen molar-refractivity contribution in [2.24, 2.45) is 22.7 Å². The van der Waals surface area contributed by atoms with E-state index in [4.69, 9.17) is 0 Å². The number of carbonyl (C=O) groups is 2. The van der Waals surface area contributed by atoms with E-state index in [1.807, 2.05) is 31.2 Å². The maximum atomic E-state index is 12.8. The van der Waals surface area contributed by atoms with Gasteiger partial charge in [-0.1, -0.05) is 44.7 Å². The van der Waals surface area contributed by atoms with Crippen LogP contribution in [-0.2, 0) is 9.59 Å². The van der Waals surface area contributed by atoms with Crippen molar-refractivity contribution in [1.29, 1.82) is 10.5 Å². The Kier molecular flexibility index (Phi) is 7.00. The van der Waals surface area contributed by atoms with Gasteiger partial charge in [-0.2, -0.15) is 10.5 Å². The van der Waals surface area contributed by atoms with E-state index in [1.165, 1.54) is 0 Å². The third-order valence-corrected chi connectivity index (χ3v) is 7.77. The van der Waals surface area contributed by atoms with Gasteiger partial charge in [-0.3, -0.25) is 9.59 Å². The topological polar surface area (TPSA) is 106 Å². The Morgan fingerprint density at radius 1 is 1.28 bits per heavy atom. The van der Waals surface area contributed by atoms with Crippen molar-refractivity contribution in [1.82, 2.24) is 5.32 Å². The van der Waals surface area contributed by atoms with Gasteiger partial charge in [0.05, 0.1) is 28.5 Å². The number of benzene rings is 1. The first-order valence-corrected chi connectivity index (χ1v) is 11.9. The molecule has 1 aliphatic heterocycles. The fourth-order valence-corrected chi connectivity index (χ4v) is 5.83. The van der Waals surface area contributed by atoms with Gasteiger partial charge in [0.25, 0.3) is 0 Å². The highest BCUT2D eigenvalue weighted by atomic mass is 32.2. The Morgan fingerprint density at radius 3 is 2.53 bits per heavy atom. The fourth-order valence-electron chi connectivity index (χ4n) is 4.92. The minimum Gasteiger partial charge on any atom is -0.325 e. The van der Waals surface area contributed by atoms with Gasteiger partial charge in [-0.15, -0.1) is 0 Å². The molecule has 1 aliphatic carbocycles. The van der Waals surface area contributed by atoms with Crippen molar-refractivity contribution in [2.75, 3.05) is 11.1 Å². The second-order valence-electron chi connectivity index (χ2n) is 9.87. The monoisotopic (exact) mass is 450 g/mol. The van der Waals surface area contributed by atoms with E-state index < -0.39 is 11.3 Å². The van der Waals surface area contributed by atoms with Gasteiger partial charge in [0, 0.05) is 11.1 Å². The van der Waals surface area contributed by atoms with E-state index in [1.54, 1.807) is 0 Å². The zero-order valence-corrected chi connectivity index (χ0v) is 19.9. The van der Waals surface area contributed by atoms with Gasteiger partial charge in [-0.25, -0.2) is 0 Å². The summed E-state index contributed by atoms with van der Waals surface area (Å²) in [5, 5.41) is 25.9. The molecule has 1 heterocycles. The van der Waals surface area contributed by atoms with Crippen molar-refractivity contribution in [3.63, 3.8) is 0 Å². The summed E-state index contributed by atoms with van der Waals surface area (Å²) in [4.78, 5) is 25.3. The van der Waals surface area contributed by atoms with Crippen molar-refractivity contribution in [3.8, 4) is 12.1 Å². The Labute approximate surface area is 194 Å². The summed E-state index contributed by atoms with van der Waals surface area (Å²) in [5.41, 5.74) is 1.56. The molecule has 1 fully saturated rings. The number of aryl methyl sites for hydroxylation is 1. The molecule has 2 aliphatic rings. The van der Waals surface area contributed by atoms with Crippen molar-refractivity contribution in [3.05, 3.63) is 40.4 Å². The molecule has 1 aromatic carbocycles. The van der Waals surface area contributed by atoms with E-state index in [9.17, 15) is 20.1 Å². The molecule has 1 aromatic rings. The largest absolute Gasteiger partial charge is 0.325 e. The van der Waals surface area contributed by atoms with Crippen LogP contribution in [-0.4, -0.2) is 17.6 Å². The molecule has 0 bridgehead atoms. The minimum atomic E-state index is -0.886. The quantitative estimate of drug-likeness (QED) is 0.679. The second kappa shape index (κ2) is 9.38. The zero-order chi connectivity index (χ0) is 23.5. The molecule has 3 rings (SSSR count). The van der Waals surface area contributed by atoms with Crippen LogP contribution in [0.3, 0.4) is 0 Å². The number of rotatable bonds is 4. The first-order valence-electron chi connectivity index (χ1n) is 11.0. The average Bonchev–Trinajstić information content (AvgIpc) is 2.72. The highest BCUT2D eigenvalue weighted by molar-refractivity contribution is 8.03. The second-order valence-corrected chi connectivity index (χ2v) is 10.9. The molecule has 6 nitrogen and oxygen atoms in total. The van der Waals surface area contributed by atoms with Crippen LogP contribution >= 0.6 is 11.8 Å². The van der Waals surface area contributed by atoms with E-state index in [-0.39, 0.29) is 23.0 Å². The molecular weight excluding hydrogens is 420 g/mol. The van der Waals surface area contributed by atoms with E-state index in [0.717, 1.165) is 30.2 Å². The zero-order valence-electron chi connectivity index (χ0n) is 19.1. The van der Waals surface area contributed by atoms with Gasteiger partial charge in [-0.05, 0) is 61.6 Å². The Balaban J connectivity index is 1.81. The van der Waals surface area contributed by atoms with Crippen LogP contribution in [0.15, 0.2) is 34.9 Å². The third-order valence-electron chi connectivity index (χ3n) is 6.77. The van der Waals surface area contributed by atoms with Crippen LogP contribution in [0.5, 0.6) is 0 Å². The van der Waals surface area contributed by atoms with Gasteiger partial charge < -0.3 is 10.6 Å². The summed E-state index contributed by atoms with van der Waals surface area (Å²) in [6.45, 7) is 8.58. The molecule has 0 radical (unpaired) electrons. The number of anilines is 1. The Hall–Kier alpha value is -2.77. The predicted molar refractivity (Wildman–Crippen MR) is 126 cm³/mol. The molecule has 32 heavy (non-hydrogen) atoms. The number of allylic oxidation sites excluding steroid dienone is 1. The van der Waals surface area contributed by atoms with Crippen molar-refractivity contribution < 1.29 is 9.59 Å². The number of nitrogens with zero attached hydrogens (tertiary/aromatic N) is 2. The van der Waals surface area contributed by atoms with Crippen LogP contribution in [0.4, 0.5) is 5.69 Å². The van der Waals surface area contributed by atoms with E-state index in [0.29, 0.717) is 35.0 Å². The maximum Gasteiger partial charge on any atom is 0.243 e. The highest BCUT2D eigenvalue weighted by Crippen LogP contribution is 2.55. The molecule has 0 unspecified atom stereocenters. The summed E-state index contributed by atoms with van der Waals surface area (Å²) in [6, 6.07) is 12.0. The lowest BCUT2D eigenvalue weighted by molar-refractivity contribution is -0.127. The lowest BCUT2D eigenvalue weighted by Gasteiger charge is -2.47. The number of amides is 2. The summed E-state index contributed by atoms with van der Waals surface area (Å²) < 4.78 is 0. The van der Waals surface area contributed by atoms with Crippen LogP contribution in [0.1, 0.15) is 52.0 Å². The molecule has 2 amide bonds. The predicted octanol–water partition coefficient (Wildman–Crippen LogP) is 4.89. The smallest absolute Gasteiger partial charge is 0.243 e. The number of nitrogens with one attached hydrogen (secondary N) is 2. The van der Waals surface area contributed by atoms with Crippen LogP contribution in [0.2, 0.25) is 0 Å². The van der Waals surface area contributed by atoms with Crippen LogP contribution in [0.25, 0.3) is 0 Å². The number of hydrogen-bond donors (Lipinski definition) is 2. The fraction of sp³-hybridized carbons (Fsp3) is 0.520. The van der Waals surface area contributed by atoms with Gasteiger partial charge >= 0.3 is 0 Å². The average molecular weight is 451 g/mol. The minimum absolute atomic E-state index is 0.0622. The molecule has 7 heteroatoms. The number of carbonyl (C=O) groups excluding carboxylic acids is 2. The lowest BCUT2D eigenvalue weighted by Crippen LogP contribution is -2.49. The number of hydrogen-bond acceptors (Lipinski definition) is 5. The summed E-state index contributed by atoms with van der Waals surface area (Å²) in [5.74, 6) is -0.931. The summed E-state index contributed by atoms with van der Waals surface area (Å²) in [6.07, 6.45) is 2.99. The van der Waals surface area contributed by atoms with Crippen LogP contribution < -0.4 is 10.6 Å². The number of nitriles is 2. The molecule has 1 spiro atoms. The molecule has 168 valence electrons. The molecular formula is C25H30N4O2S. The van der Waals surface area contributed by atoms with Crippen molar-refractivity contribution in [2.45, 2.75) is 53.4 Å². The molecule has 0 saturated heterocycles. The Morgan fingerprint density at radius 2 is 1.97 bits per heavy atom. The van der Waals surface area contributed by atoms with Crippen LogP contribution in [0, 0.1) is 52.3 Å². The molecule has 1 saturated carbocycles. The van der Waals surface area contributed by atoms with Crippen molar-refractivity contribution >= 4 is 29.3 Å². The SMILES string of the molecule is Cc1cccc(NC(=O)CSC2=C(C#N)C3(CCC(C(C)(C)C)CC3)[C@@H](C#N)C(=O)N2)c1. The van der Waals surface area contributed by atoms with E-state index in [2.05, 4.69) is 43.5 Å². The molecule has 0 aromatic heterocycles. The summed E-state index contributed by atoms with van der Waals surface area (Å²) >= 11 is 1.16. The standard InChI is InChI=1S/C25H30N4O2S/c1-16-6-5-7-18(12-16)28-21(30)15-32-23-20(14-27)25(19(13-26)22(31)29-23)10-8-17(9-11-25)24(2,3)4/h5-7,12,17,19H,8-11,15H2,1-4H3,(H,28,30)(H,29,31)/t17?,19-,25?/m0/s1. The summed E-state index contributed by atoms with van der Waals surface area (Å²) in [7, 11) is 0. The normalized spacial score (nSPS) is 25.6. The third kappa shape index (κ3) is 4.84. The lowest BCUT2D eigenvalue weighted by atomic mass is 9.56. The van der Waals surface area contributed by atoms with Gasteiger partial charge in [0.15, 0.2) is 0 Å². The first-order chi connectivity index (χ1) is 15.1. The number of thioether (sulfide) groups is 1. The molecule has 2 N–H and O–H groups in total. The first kappa shape index (κ1) is 23.9. The Bertz CT molecular complexity index is 1020. The van der Waals surface area contributed by atoms with Gasteiger partial charge in [0.2, 0.25) is 11.8 Å². The highest BCUT2D eigenvalue weighted by Gasteiger charge is 2.53. The maximum absolute atomic E-state index is 12.8. The van der Waals surface area contributed by atoms with Gasteiger partial charge in [0.1, 0.15) is 5.92 Å². The molecule has 1 atom stereocenters.